The van der Waals surface area contributed by atoms with Gasteiger partial charge < -0.3 is 0 Å². The van der Waals surface area contributed by atoms with Gasteiger partial charge in [0.05, 0.1) is 6.04 Å². The average molecular weight is 338 g/mol. The molecule has 2 rings (SSSR count). The lowest BCUT2D eigenvalue weighted by atomic mass is 10.00. The lowest BCUT2D eigenvalue weighted by Crippen LogP contribution is -2.40. The van der Waals surface area contributed by atoms with Gasteiger partial charge in [0.15, 0.2) is 0 Å². The molecule has 1 unspecified atom stereocenters. The third kappa shape index (κ3) is 7.10. The van der Waals surface area contributed by atoms with Crippen LogP contribution in [0.1, 0.15) is 73.8 Å². The van der Waals surface area contributed by atoms with Crippen molar-refractivity contribution in [3.63, 3.8) is 0 Å². The molecule has 3 nitrogen and oxygen atoms in total. The third-order valence-electron chi connectivity index (χ3n) is 4.44. The van der Waals surface area contributed by atoms with Crippen LogP contribution in [-0.4, -0.2) is 5.91 Å². The van der Waals surface area contributed by atoms with Crippen molar-refractivity contribution in [1.29, 1.82) is 0 Å². The lowest BCUT2D eigenvalue weighted by molar-refractivity contribution is 0.0923. The van der Waals surface area contributed by atoms with E-state index in [1.165, 1.54) is 37.7 Å². The Morgan fingerprint density at radius 2 is 1.44 bits per heavy atom. The fourth-order valence-corrected chi connectivity index (χ4v) is 2.95. The molecule has 0 radical (unpaired) electrons. The van der Waals surface area contributed by atoms with E-state index in [0.29, 0.717) is 5.56 Å². The molecule has 0 heterocycles. The van der Waals surface area contributed by atoms with Gasteiger partial charge >= 0.3 is 0 Å². The Kier molecular flexibility index (Phi) is 8.78. The van der Waals surface area contributed by atoms with E-state index in [1.807, 2.05) is 48.5 Å². The van der Waals surface area contributed by atoms with Crippen LogP contribution >= 0.6 is 0 Å². The molecule has 2 aromatic carbocycles. The summed E-state index contributed by atoms with van der Waals surface area (Å²) in [5.74, 6) is -0.0931. The van der Waals surface area contributed by atoms with Crippen molar-refractivity contribution in [2.75, 3.05) is 0 Å². The highest BCUT2D eigenvalue weighted by molar-refractivity contribution is 5.93. The fourth-order valence-electron chi connectivity index (χ4n) is 2.95. The van der Waals surface area contributed by atoms with Gasteiger partial charge in [-0.3, -0.25) is 10.2 Å². The molecule has 0 fully saturated rings. The molecule has 2 aromatic rings. The molecule has 0 saturated heterocycles. The number of rotatable bonds is 11. The molecular weight excluding hydrogens is 308 g/mol. The second-order valence-corrected chi connectivity index (χ2v) is 6.48. The number of hydrogen-bond acceptors (Lipinski definition) is 2. The molecule has 3 heteroatoms. The maximum absolute atomic E-state index is 12.3. The standard InChI is InChI=1S/C22H30N2O/c1-2-3-4-5-6-13-18-21(19-14-9-7-10-15-19)23-24-22(25)20-16-11-8-12-17-20/h7-12,14-17,21,23H,2-6,13,18H2,1H3,(H,24,25). The zero-order valence-corrected chi connectivity index (χ0v) is 15.2. The van der Waals surface area contributed by atoms with E-state index in [1.54, 1.807) is 0 Å². The van der Waals surface area contributed by atoms with Crippen molar-refractivity contribution < 1.29 is 4.79 Å². The molecule has 0 spiro atoms. The van der Waals surface area contributed by atoms with Crippen LogP contribution in [0.2, 0.25) is 0 Å². The fraction of sp³-hybridized carbons (Fsp3) is 0.409. The Hall–Kier alpha value is -2.13. The summed E-state index contributed by atoms with van der Waals surface area (Å²) in [5.41, 5.74) is 7.99. The molecular formula is C22H30N2O. The number of hydrazine groups is 1. The first-order valence-corrected chi connectivity index (χ1v) is 9.47. The van der Waals surface area contributed by atoms with E-state index in [4.69, 9.17) is 0 Å². The summed E-state index contributed by atoms with van der Waals surface area (Å²) in [4.78, 5) is 12.3. The molecule has 0 bridgehead atoms. The van der Waals surface area contributed by atoms with Gasteiger partial charge in [0.25, 0.3) is 5.91 Å². The van der Waals surface area contributed by atoms with Crippen LogP contribution in [0, 0.1) is 0 Å². The topological polar surface area (TPSA) is 41.1 Å². The van der Waals surface area contributed by atoms with E-state index in [-0.39, 0.29) is 11.9 Å². The predicted molar refractivity (Wildman–Crippen MR) is 104 cm³/mol. The van der Waals surface area contributed by atoms with Gasteiger partial charge in [-0.05, 0) is 24.1 Å². The molecule has 134 valence electrons. The van der Waals surface area contributed by atoms with Crippen LogP contribution in [0.4, 0.5) is 0 Å². The van der Waals surface area contributed by atoms with Crippen molar-refractivity contribution in [3.05, 3.63) is 71.8 Å². The highest BCUT2D eigenvalue weighted by Crippen LogP contribution is 2.20. The Bertz CT molecular complexity index is 598. The van der Waals surface area contributed by atoms with Crippen molar-refractivity contribution >= 4 is 5.91 Å². The summed E-state index contributed by atoms with van der Waals surface area (Å²) in [7, 11) is 0. The number of carbonyl (C=O) groups is 1. The van der Waals surface area contributed by atoms with E-state index < -0.39 is 0 Å². The average Bonchev–Trinajstić information content (AvgIpc) is 2.68. The van der Waals surface area contributed by atoms with Gasteiger partial charge in [0.2, 0.25) is 0 Å². The number of carbonyl (C=O) groups excluding carboxylic acids is 1. The second-order valence-electron chi connectivity index (χ2n) is 6.48. The smallest absolute Gasteiger partial charge is 0.265 e. The number of nitrogens with one attached hydrogen (secondary N) is 2. The van der Waals surface area contributed by atoms with Crippen molar-refractivity contribution in [1.82, 2.24) is 10.9 Å². The molecule has 1 amide bonds. The molecule has 0 aliphatic carbocycles. The third-order valence-corrected chi connectivity index (χ3v) is 4.44. The number of hydrogen-bond donors (Lipinski definition) is 2. The van der Waals surface area contributed by atoms with E-state index >= 15 is 0 Å². The minimum atomic E-state index is -0.0931. The summed E-state index contributed by atoms with van der Waals surface area (Å²) in [6.07, 6.45) is 8.66. The summed E-state index contributed by atoms with van der Waals surface area (Å²) < 4.78 is 0. The van der Waals surface area contributed by atoms with Gasteiger partial charge in [-0.1, -0.05) is 94.0 Å². The van der Waals surface area contributed by atoms with Crippen LogP contribution in [-0.2, 0) is 0 Å². The van der Waals surface area contributed by atoms with E-state index in [0.717, 1.165) is 12.8 Å². The number of unbranched alkanes of at least 4 members (excludes halogenated alkanes) is 5. The van der Waals surface area contributed by atoms with Gasteiger partial charge in [-0.15, -0.1) is 0 Å². The Morgan fingerprint density at radius 1 is 0.840 bits per heavy atom. The summed E-state index contributed by atoms with van der Waals surface area (Å²) in [6, 6.07) is 19.8. The Labute approximate surface area is 151 Å². The minimum Gasteiger partial charge on any atom is -0.287 e. The Balaban J connectivity index is 1.85. The van der Waals surface area contributed by atoms with Crippen LogP contribution in [0.25, 0.3) is 0 Å². The highest BCUT2D eigenvalue weighted by atomic mass is 16.2. The van der Waals surface area contributed by atoms with Crippen LogP contribution in [0.15, 0.2) is 60.7 Å². The lowest BCUT2D eigenvalue weighted by Gasteiger charge is -2.20. The van der Waals surface area contributed by atoms with Crippen molar-refractivity contribution in [2.24, 2.45) is 0 Å². The number of benzene rings is 2. The second kappa shape index (κ2) is 11.4. The largest absolute Gasteiger partial charge is 0.287 e. The molecule has 0 aromatic heterocycles. The first-order valence-electron chi connectivity index (χ1n) is 9.47. The number of amides is 1. The van der Waals surface area contributed by atoms with Gasteiger partial charge in [-0.25, -0.2) is 5.43 Å². The quantitative estimate of drug-likeness (QED) is 0.425. The highest BCUT2D eigenvalue weighted by Gasteiger charge is 2.12. The van der Waals surface area contributed by atoms with E-state index in [2.05, 4.69) is 29.9 Å². The van der Waals surface area contributed by atoms with Crippen LogP contribution in [0.5, 0.6) is 0 Å². The zero-order chi connectivity index (χ0) is 17.7. The first kappa shape index (κ1) is 19.2. The summed E-state index contributed by atoms with van der Waals surface area (Å²) in [5, 5.41) is 0. The monoisotopic (exact) mass is 338 g/mol. The maximum atomic E-state index is 12.3. The molecule has 2 N–H and O–H groups in total. The van der Waals surface area contributed by atoms with Crippen LogP contribution < -0.4 is 10.9 Å². The van der Waals surface area contributed by atoms with Crippen molar-refractivity contribution in [2.45, 2.75) is 57.9 Å². The molecule has 25 heavy (non-hydrogen) atoms. The molecule has 1 atom stereocenters. The predicted octanol–water partition coefficient (Wildman–Crippen LogP) is 5.41. The molecule has 0 saturated carbocycles. The normalized spacial score (nSPS) is 11.9. The van der Waals surface area contributed by atoms with E-state index in [9.17, 15) is 4.79 Å². The van der Waals surface area contributed by atoms with Gasteiger partial charge in [0.1, 0.15) is 0 Å². The van der Waals surface area contributed by atoms with Gasteiger partial charge in [-0.2, -0.15) is 0 Å². The SMILES string of the molecule is CCCCCCCCC(NNC(=O)c1ccccc1)c1ccccc1. The first-order chi connectivity index (χ1) is 12.3. The van der Waals surface area contributed by atoms with Crippen LogP contribution in [0.3, 0.4) is 0 Å². The minimum absolute atomic E-state index is 0.0931. The maximum Gasteiger partial charge on any atom is 0.265 e. The summed E-state index contributed by atoms with van der Waals surface area (Å²) >= 11 is 0. The van der Waals surface area contributed by atoms with Gasteiger partial charge in [0, 0.05) is 5.56 Å². The molecule has 0 aliphatic heterocycles. The zero-order valence-electron chi connectivity index (χ0n) is 15.2. The van der Waals surface area contributed by atoms with Crippen molar-refractivity contribution in [3.8, 4) is 0 Å². The summed E-state index contributed by atoms with van der Waals surface area (Å²) in [6.45, 7) is 2.24. The Morgan fingerprint density at radius 3 is 2.12 bits per heavy atom. The molecule has 0 aliphatic rings.